The normalized spacial score (nSPS) is 19.9. The van der Waals surface area contributed by atoms with Crippen LogP contribution < -0.4 is 0 Å². The molecule has 0 N–H and O–H groups in total. The number of rotatable bonds is 2. The molecule has 0 aromatic heterocycles. The first-order valence-electron chi connectivity index (χ1n) is 6.36. The zero-order chi connectivity index (χ0) is 13.1. The number of hydrogen-bond donors (Lipinski definition) is 0. The Kier molecular flexibility index (Phi) is 4.84. The van der Waals surface area contributed by atoms with Crippen LogP contribution in [0.4, 0.5) is 0 Å². The molecule has 1 amide bonds. The van der Waals surface area contributed by atoms with Gasteiger partial charge in [-0.15, -0.1) is 0 Å². The Labute approximate surface area is 125 Å². The molecule has 0 aliphatic carbocycles. The van der Waals surface area contributed by atoms with Crippen LogP contribution in [-0.2, 0) is 0 Å². The summed E-state index contributed by atoms with van der Waals surface area (Å²) in [6.45, 7) is 3.98. The third-order valence-corrected chi connectivity index (χ3v) is 4.73. The van der Waals surface area contributed by atoms with Crippen LogP contribution in [0.5, 0.6) is 0 Å². The van der Waals surface area contributed by atoms with E-state index < -0.39 is 0 Å². The van der Waals surface area contributed by atoms with E-state index in [-0.39, 0.29) is 5.91 Å². The Morgan fingerprint density at radius 2 is 2.22 bits per heavy atom. The van der Waals surface area contributed by atoms with Crippen molar-refractivity contribution in [3.8, 4) is 0 Å². The SMILES string of the molecule is CCC1CCCN(C(=O)c2cc(Br)ccc2Br)C1. The van der Waals surface area contributed by atoms with Crippen molar-refractivity contribution < 1.29 is 4.79 Å². The number of nitrogens with zero attached hydrogens (tertiary/aromatic N) is 1. The van der Waals surface area contributed by atoms with Gasteiger partial charge < -0.3 is 4.90 Å². The van der Waals surface area contributed by atoms with Gasteiger partial charge in [-0.2, -0.15) is 0 Å². The smallest absolute Gasteiger partial charge is 0.255 e. The zero-order valence-corrected chi connectivity index (χ0v) is 13.6. The number of hydrogen-bond acceptors (Lipinski definition) is 1. The lowest BCUT2D eigenvalue weighted by atomic mass is 9.95. The molecular formula is C14H17Br2NO. The van der Waals surface area contributed by atoms with Gasteiger partial charge >= 0.3 is 0 Å². The molecule has 1 aliphatic heterocycles. The van der Waals surface area contributed by atoms with Crippen molar-refractivity contribution in [1.29, 1.82) is 0 Å². The highest BCUT2D eigenvalue weighted by atomic mass is 79.9. The number of benzene rings is 1. The molecule has 98 valence electrons. The van der Waals surface area contributed by atoms with E-state index in [1.807, 2.05) is 23.1 Å². The average molecular weight is 375 g/mol. The first kappa shape index (κ1) is 14.1. The lowest BCUT2D eigenvalue weighted by Crippen LogP contribution is -2.39. The number of amides is 1. The van der Waals surface area contributed by atoms with E-state index in [1.165, 1.54) is 6.42 Å². The maximum Gasteiger partial charge on any atom is 0.255 e. The molecule has 0 saturated carbocycles. The number of piperidine rings is 1. The van der Waals surface area contributed by atoms with Crippen LogP contribution >= 0.6 is 31.9 Å². The molecule has 1 heterocycles. The molecule has 1 unspecified atom stereocenters. The van der Waals surface area contributed by atoms with Crippen LogP contribution in [0.2, 0.25) is 0 Å². The van der Waals surface area contributed by atoms with Crippen molar-refractivity contribution in [2.24, 2.45) is 5.92 Å². The van der Waals surface area contributed by atoms with E-state index in [0.717, 1.165) is 40.4 Å². The molecule has 1 aliphatic rings. The number of likely N-dealkylation sites (tertiary alicyclic amines) is 1. The van der Waals surface area contributed by atoms with E-state index in [1.54, 1.807) is 0 Å². The third-order valence-electron chi connectivity index (χ3n) is 3.54. The van der Waals surface area contributed by atoms with Gasteiger partial charge in [0.05, 0.1) is 5.56 Å². The summed E-state index contributed by atoms with van der Waals surface area (Å²) < 4.78 is 1.81. The lowest BCUT2D eigenvalue weighted by molar-refractivity contribution is 0.0670. The molecule has 2 rings (SSSR count). The highest BCUT2D eigenvalue weighted by molar-refractivity contribution is 9.11. The van der Waals surface area contributed by atoms with Gasteiger partial charge in [0.25, 0.3) is 5.91 Å². The zero-order valence-electron chi connectivity index (χ0n) is 10.5. The van der Waals surface area contributed by atoms with Crippen molar-refractivity contribution in [2.45, 2.75) is 26.2 Å². The van der Waals surface area contributed by atoms with Gasteiger partial charge in [0, 0.05) is 22.0 Å². The maximum absolute atomic E-state index is 12.5. The Bertz CT molecular complexity index is 447. The molecule has 18 heavy (non-hydrogen) atoms. The van der Waals surface area contributed by atoms with Crippen molar-refractivity contribution >= 4 is 37.8 Å². The highest BCUT2D eigenvalue weighted by Crippen LogP contribution is 2.26. The van der Waals surface area contributed by atoms with Crippen LogP contribution in [0.25, 0.3) is 0 Å². The first-order chi connectivity index (χ1) is 8.61. The second-order valence-electron chi connectivity index (χ2n) is 4.79. The molecule has 2 nitrogen and oxygen atoms in total. The standard InChI is InChI=1S/C14H17Br2NO/c1-2-10-4-3-7-17(9-10)14(18)12-8-11(15)5-6-13(12)16/h5-6,8,10H,2-4,7,9H2,1H3. The van der Waals surface area contributed by atoms with Crippen molar-refractivity contribution in [3.05, 3.63) is 32.7 Å². The van der Waals surface area contributed by atoms with Gasteiger partial charge in [0.15, 0.2) is 0 Å². The van der Waals surface area contributed by atoms with Crippen molar-refractivity contribution in [1.82, 2.24) is 4.90 Å². The highest BCUT2D eigenvalue weighted by Gasteiger charge is 2.24. The van der Waals surface area contributed by atoms with E-state index in [2.05, 4.69) is 38.8 Å². The fourth-order valence-electron chi connectivity index (χ4n) is 2.41. The minimum atomic E-state index is 0.140. The number of halogens is 2. The van der Waals surface area contributed by atoms with Crippen LogP contribution in [0.1, 0.15) is 36.5 Å². The Morgan fingerprint density at radius 3 is 2.94 bits per heavy atom. The topological polar surface area (TPSA) is 20.3 Å². The number of carbonyl (C=O) groups excluding carboxylic acids is 1. The van der Waals surface area contributed by atoms with Gasteiger partial charge in [-0.25, -0.2) is 0 Å². The van der Waals surface area contributed by atoms with Crippen molar-refractivity contribution in [3.63, 3.8) is 0 Å². The minimum absolute atomic E-state index is 0.140. The summed E-state index contributed by atoms with van der Waals surface area (Å²) in [7, 11) is 0. The van der Waals surface area contributed by atoms with Gasteiger partial charge in [-0.1, -0.05) is 29.3 Å². The van der Waals surface area contributed by atoms with Gasteiger partial charge in [0.2, 0.25) is 0 Å². The minimum Gasteiger partial charge on any atom is -0.338 e. The molecule has 1 aromatic carbocycles. The molecule has 1 fully saturated rings. The molecule has 1 aromatic rings. The van der Waals surface area contributed by atoms with Crippen molar-refractivity contribution in [2.75, 3.05) is 13.1 Å². The lowest BCUT2D eigenvalue weighted by Gasteiger charge is -2.32. The monoisotopic (exact) mass is 373 g/mol. The quantitative estimate of drug-likeness (QED) is 0.747. The van der Waals surface area contributed by atoms with E-state index in [9.17, 15) is 4.79 Å². The molecule has 1 atom stereocenters. The van der Waals surface area contributed by atoms with Crippen LogP contribution in [0, 0.1) is 5.92 Å². The Balaban J connectivity index is 2.17. The summed E-state index contributed by atoms with van der Waals surface area (Å²) in [6.07, 6.45) is 3.53. The Hall–Kier alpha value is -0.350. The fourth-order valence-corrected chi connectivity index (χ4v) is 3.19. The molecule has 0 radical (unpaired) electrons. The van der Waals surface area contributed by atoms with E-state index >= 15 is 0 Å². The summed E-state index contributed by atoms with van der Waals surface area (Å²) in [5.74, 6) is 0.801. The summed E-state index contributed by atoms with van der Waals surface area (Å²) in [6, 6.07) is 5.74. The molecular weight excluding hydrogens is 358 g/mol. The molecule has 1 saturated heterocycles. The average Bonchev–Trinajstić information content (AvgIpc) is 2.41. The van der Waals surface area contributed by atoms with Crippen LogP contribution in [0.15, 0.2) is 27.1 Å². The summed E-state index contributed by atoms with van der Waals surface area (Å²) >= 11 is 6.88. The summed E-state index contributed by atoms with van der Waals surface area (Å²) in [4.78, 5) is 14.5. The molecule has 0 spiro atoms. The largest absolute Gasteiger partial charge is 0.338 e. The second kappa shape index (κ2) is 6.20. The van der Waals surface area contributed by atoms with Crippen LogP contribution in [-0.4, -0.2) is 23.9 Å². The van der Waals surface area contributed by atoms with Gasteiger partial charge in [-0.05, 0) is 52.9 Å². The second-order valence-corrected chi connectivity index (χ2v) is 6.56. The summed E-state index contributed by atoms with van der Waals surface area (Å²) in [5.41, 5.74) is 0.751. The third kappa shape index (κ3) is 3.15. The van der Waals surface area contributed by atoms with Crippen LogP contribution in [0.3, 0.4) is 0 Å². The fraction of sp³-hybridized carbons (Fsp3) is 0.500. The number of carbonyl (C=O) groups is 1. The summed E-state index contributed by atoms with van der Waals surface area (Å²) in [5, 5.41) is 0. The van der Waals surface area contributed by atoms with Gasteiger partial charge in [0.1, 0.15) is 0 Å². The molecule has 4 heteroatoms. The van der Waals surface area contributed by atoms with E-state index in [4.69, 9.17) is 0 Å². The molecule has 0 bridgehead atoms. The Morgan fingerprint density at radius 1 is 1.44 bits per heavy atom. The predicted molar refractivity (Wildman–Crippen MR) is 80.8 cm³/mol. The van der Waals surface area contributed by atoms with Gasteiger partial charge in [-0.3, -0.25) is 4.79 Å². The first-order valence-corrected chi connectivity index (χ1v) is 7.94. The van der Waals surface area contributed by atoms with E-state index in [0.29, 0.717) is 5.92 Å². The maximum atomic E-state index is 12.5. The predicted octanol–water partition coefficient (Wildman–Crippen LogP) is 4.47.